The van der Waals surface area contributed by atoms with Crippen LogP contribution in [0.1, 0.15) is 35.7 Å². The fourth-order valence-electron chi connectivity index (χ4n) is 3.58. The second-order valence-corrected chi connectivity index (χ2v) is 7.20. The smallest absolute Gasteiger partial charge is 0.251 e. The van der Waals surface area contributed by atoms with Gasteiger partial charge >= 0.3 is 0 Å². The topological polar surface area (TPSA) is 61.4 Å². The van der Waals surface area contributed by atoms with E-state index in [4.69, 9.17) is 0 Å². The zero-order valence-electron chi connectivity index (χ0n) is 15.8. The Bertz CT molecular complexity index is 776. The van der Waals surface area contributed by atoms with Gasteiger partial charge in [0, 0.05) is 37.8 Å². The van der Waals surface area contributed by atoms with E-state index in [2.05, 4.69) is 39.8 Å². The minimum absolute atomic E-state index is 0.0950. The normalized spacial score (nSPS) is 17.3. The third-order valence-corrected chi connectivity index (χ3v) is 4.85. The molecule has 3 rings (SSSR count). The van der Waals surface area contributed by atoms with E-state index < -0.39 is 0 Å². The van der Waals surface area contributed by atoms with Gasteiger partial charge in [-0.2, -0.15) is 0 Å². The summed E-state index contributed by atoms with van der Waals surface area (Å²) in [7, 11) is 0. The lowest BCUT2D eigenvalue weighted by Gasteiger charge is -2.32. The molecule has 5 heteroatoms. The Morgan fingerprint density at radius 2 is 1.93 bits per heavy atom. The first-order chi connectivity index (χ1) is 13.1. The summed E-state index contributed by atoms with van der Waals surface area (Å²) in [6.45, 7) is 5.20. The second kappa shape index (κ2) is 9.33. The third-order valence-electron chi connectivity index (χ3n) is 4.85. The van der Waals surface area contributed by atoms with Gasteiger partial charge in [-0.05, 0) is 49.1 Å². The van der Waals surface area contributed by atoms with E-state index in [1.165, 1.54) is 12.5 Å². The Hall–Kier alpha value is -2.66. The summed E-state index contributed by atoms with van der Waals surface area (Å²) in [5.41, 5.74) is 2.54. The van der Waals surface area contributed by atoms with Crippen molar-refractivity contribution in [3.63, 3.8) is 0 Å². The molecule has 0 bridgehead atoms. The van der Waals surface area contributed by atoms with Crippen molar-refractivity contribution in [2.24, 2.45) is 5.92 Å². The van der Waals surface area contributed by atoms with Crippen LogP contribution >= 0.6 is 0 Å². The standard InChI is InChI=1S/C22H27N3O2/c1-17(26)24-21-11-5-10-20(13-21)22(27)23-14-19-9-6-12-25(16-19)15-18-7-3-2-4-8-18/h2-5,7-8,10-11,13,19H,6,9,12,14-16H2,1H3,(H,23,27)(H,24,26). The van der Waals surface area contributed by atoms with Gasteiger partial charge in [0.1, 0.15) is 0 Å². The van der Waals surface area contributed by atoms with Crippen molar-refractivity contribution in [2.75, 3.05) is 25.0 Å². The zero-order valence-corrected chi connectivity index (χ0v) is 15.8. The van der Waals surface area contributed by atoms with Gasteiger partial charge in [0.05, 0.1) is 0 Å². The predicted molar refractivity (Wildman–Crippen MR) is 108 cm³/mol. The molecule has 1 unspecified atom stereocenters. The minimum atomic E-state index is -0.145. The summed E-state index contributed by atoms with van der Waals surface area (Å²) in [5, 5.41) is 5.76. The average Bonchev–Trinajstić information content (AvgIpc) is 2.67. The van der Waals surface area contributed by atoms with E-state index in [9.17, 15) is 9.59 Å². The number of carbonyl (C=O) groups excluding carboxylic acids is 2. The first-order valence-electron chi connectivity index (χ1n) is 9.52. The second-order valence-electron chi connectivity index (χ2n) is 7.20. The molecular weight excluding hydrogens is 338 g/mol. The fraction of sp³-hybridized carbons (Fsp3) is 0.364. The van der Waals surface area contributed by atoms with Crippen molar-refractivity contribution in [1.82, 2.24) is 10.2 Å². The van der Waals surface area contributed by atoms with Crippen LogP contribution in [0, 0.1) is 5.92 Å². The summed E-state index contributed by atoms with van der Waals surface area (Å²) in [5.74, 6) is 0.223. The number of carbonyl (C=O) groups is 2. The number of hydrogen-bond donors (Lipinski definition) is 2. The number of hydrogen-bond acceptors (Lipinski definition) is 3. The maximum atomic E-state index is 12.5. The van der Waals surface area contributed by atoms with E-state index in [-0.39, 0.29) is 11.8 Å². The number of benzene rings is 2. The molecule has 1 atom stereocenters. The van der Waals surface area contributed by atoms with Crippen LogP contribution in [0.15, 0.2) is 54.6 Å². The Morgan fingerprint density at radius 3 is 2.70 bits per heavy atom. The van der Waals surface area contributed by atoms with Gasteiger partial charge in [0.2, 0.25) is 5.91 Å². The maximum absolute atomic E-state index is 12.5. The number of likely N-dealkylation sites (tertiary alicyclic amines) is 1. The summed E-state index contributed by atoms with van der Waals surface area (Å²) in [6.07, 6.45) is 2.29. The summed E-state index contributed by atoms with van der Waals surface area (Å²) < 4.78 is 0. The monoisotopic (exact) mass is 365 g/mol. The Kier molecular flexibility index (Phi) is 6.60. The number of nitrogens with one attached hydrogen (secondary N) is 2. The maximum Gasteiger partial charge on any atom is 0.251 e. The van der Waals surface area contributed by atoms with E-state index in [0.717, 1.165) is 32.5 Å². The Morgan fingerprint density at radius 1 is 1.11 bits per heavy atom. The number of piperidine rings is 1. The summed E-state index contributed by atoms with van der Waals surface area (Å²) in [4.78, 5) is 26.1. The molecule has 142 valence electrons. The van der Waals surface area contributed by atoms with Gasteiger partial charge in [-0.15, -0.1) is 0 Å². The first kappa shape index (κ1) is 19.1. The SMILES string of the molecule is CC(=O)Nc1cccc(C(=O)NCC2CCCN(Cc3ccccc3)C2)c1. The zero-order chi connectivity index (χ0) is 19.1. The van der Waals surface area contributed by atoms with Crippen LogP contribution in [0.25, 0.3) is 0 Å². The van der Waals surface area contributed by atoms with Crippen LogP contribution in [0.5, 0.6) is 0 Å². The lowest BCUT2D eigenvalue weighted by Crippen LogP contribution is -2.40. The van der Waals surface area contributed by atoms with Gasteiger partial charge in [0.15, 0.2) is 0 Å². The molecular formula is C22H27N3O2. The molecule has 2 N–H and O–H groups in total. The lowest BCUT2D eigenvalue weighted by molar-refractivity contribution is -0.114. The van der Waals surface area contributed by atoms with Gasteiger partial charge in [-0.1, -0.05) is 36.4 Å². The van der Waals surface area contributed by atoms with E-state index in [1.54, 1.807) is 24.3 Å². The van der Waals surface area contributed by atoms with E-state index in [1.807, 2.05) is 6.07 Å². The molecule has 1 saturated heterocycles. The molecule has 0 aromatic heterocycles. The largest absolute Gasteiger partial charge is 0.352 e. The highest BCUT2D eigenvalue weighted by atomic mass is 16.2. The highest BCUT2D eigenvalue weighted by Gasteiger charge is 2.20. The highest BCUT2D eigenvalue weighted by molar-refractivity contribution is 5.96. The number of anilines is 1. The number of nitrogens with zero attached hydrogens (tertiary/aromatic N) is 1. The first-order valence-corrected chi connectivity index (χ1v) is 9.52. The fourth-order valence-corrected chi connectivity index (χ4v) is 3.58. The van der Waals surface area contributed by atoms with Crippen LogP contribution in [-0.4, -0.2) is 36.3 Å². The molecule has 0 spiro atoms. The molecule has 0 aliphatic carbocycles. The van der Waals surface area contributed by atoms with Crippen LogP contribution < -0.4 is 10.6 Å². The van der Waals surface area contributed by atoms with Crippen molar-refractivity contribution < 1.29 is 9.59 Å². The molecule has 0 radical (unpaired) electrons. The summed E-state index contributed by atoms with van der Waals surface area (Å²) >= 11 is 0. The van der Waals surface area contributed by atoms with E-state index in [0.29, 0.717) is 23.7 Å². The van der Waals surface area contributed by atoms with Gasteiger partial charge in [-0.3, -0.25) is 14.5 Å². The van der Waals surface area contributed by atoms with Crippen LogP contribution in [0.2, 0.25) is 0 Å². The molecule has 1 fully saturated rings. The van der Waals surface area contributed by atoms with Crippen LogP contribution in [-0.2, 0) is 11.3 Å². The Labute approximate surface area is 160 Å². The molecule has 1 aliphatic rings. The van der Waals surface area contributed by atoms with Gasteiger partial charge in [-0.25, -0.2) is 0 Å². The number of rotatable bonds is 6. The summed E-state index contributed by atoms with van der Waals surface area (Å²) in [6, 6.07) is 17.5. The van der Waals surface area contributed by atoms with Crippen molar-refractivity contribution in [2.45, 2.75) is 26.3 Å². The van der Waals surface area contributed by atoms with Crippen molar-refractivity contribution in [3.8, 4) is 0 Å². The molecule has 2 aromatic rings. The van der Waals surface area contributed by atoms with Gasteiger partial charge in [0.25, 0.3) is 5.91 Å². The van der Waals surface area contributed by atoms with Crippen LogP contribution in [0.3, 0.4) is 0 Å². The predicted octanol–water partition coefficient (Wildman–Crippen LogP) is 3.29. The molecule has 1 aliphatic heterocycles. The van der Waals surface area contributed by atoms with E-state index >= 15 is 0 Å². The molecule has 2 amide bonds. The van der Waals surface area contributed by atoms with Gasteiger partial charge < -0.3 is 10.6 Å². The highest BCUT2D eigenvalue weighted by Crippen LogP contribution is 2.18. The lowest BCUT2D eigenvalue weighted by atomic mass is 9.97. The van der Waals surface area contributed by atoms with Crippen LogP contribution in [0.4, 0.5) is 5.69 Å². The van der Waals surface area contributed by atoms with Crippen molar-refractivity contribution >= 4 is 17.5 Å². The average molecular weight is 365 g/mol. The molecule has 2 aromatic carbocycles. The Balaban J connectivity index is 1.50. The molecule has 1 heterocycles. The minimum Gasteiger partial charge on any atom is -0.352 e. The van der Waals surface area contributed by atoms with Crippen molar-refractivity contribution in [3.05, 3.63) is 65.7 Å². The quantitative estimate of drug-likeness (QED) is 0.826. The number of amides is 2. The van der Waals surface area contributed by atoms with Crippen molar-refractivity contribution in [1.29, 1.82) is 0 Å². The molecule has 5 nitrogen and oxygen atoms in total. The third kappa shape index (κ3) is 5.93. The molecule has 0 saturated carbocycles. The molecule has 27 heavy (non-hydrogen) atoms.